The van der Waals surface area contributed by atoms with Crippen molar-refractivity contribution in [2.75, 3.05) is 10.6 Å². The Morgan fingerprint density at radius 3 is 2.45 bits per heavy atom. The number of aromatic nitrogens is 4. The van der Waals surface area contributed by atoms with Crippen LogP contribution in [-0.2, 0) is 10.5 Å². The minimum atomic E-state index is -0.425. The molecule has 33 heavy (non-hydrogen) atoms. The van der Waals surface area contributed by atoms with Crippen LogP contribution in [0.25, 0.3) is 0 Å². The van der Waals surface area contributed by atoms with Crippen LogP contribution in [0.5, 0.6) is 0 Å². The van der Waals surface area contributed by atoms with Crippen molar-refractivity contribution in [3.05, 3.63) is 108 Å². The quantitative estimate of drug-likeness (QED) is 0.404. The van der Waals surface area contributed by atoms with Crippen molar-refractivity contribution in [3.8, 4) is 0 Å². The van der Waals surface area contributed by atoms with Crippen LogP contribution in [0.15, 0.2) is 102 Å². The number of nitrogens with one attached hydrogen (secondary N) is 2. The predicted octanol–water partition coefficient (Wildman–Crippen LogP) is 4.89. The van der Waals surface area contributed by atoms with Gasteiger partial charge in [0.05, 0.1) is 5.57 Å². The number of thioether (sulfide) groups is 1. The molecular weight excluding hydrogens is 432 g/mol. The summed E-state index contributed by atoms with van der Waals surface area (Å²) >= 11 is 1.56. The molecular formula is C25H22N6OS. The molecule has 0 bridgehead atoms. The van der Waals surface area contributed by atoms with Gasteiger partial charge in [-0.1, -0.05) is 60.3 Å². The number of amides is 1. The van der Waals surface area contributed by atoms with Gasteiger partial charge in [0.1, 0.15) is 6.04 Å². The van der Waals surface area contributed by atoms with E-state index in [0.29, 0.717) is 16.7 Å². The first-order valence-corrected chi connectivity index (χ1v) is 11.5. The summed E-state index contributed by atoms with van der Waals surface area (Å²) in [5, 5.41) is 11.7. The smallest absolute Gasteiger partial charge is 0.255 e. The highest BCUT2D eigenvalue weighted by atomic mass is 32.2. The number of benzene rings is 2. The van der Waals surface area contributed by atoms with E-state index in [4.69, 9.17) is 10.1 Å². The predicted molar refractivity (Wildman–Crippen MR) is 130 cm³/mol. The average molecular weight is 455 g/mol. The third-order valence-corrected chi connectivity index (χ3v) is 6.25. The van der Waals surface area contributed by atoms with E-state index in [-0.39, 0.29) is 5.91 Å². The number of anilines is 2. The summed E-state index contributed by atoms with van der Waals surface area (Å²) in [5.74, 6) is 1.19. The third-order valence-electron chi connectivity index (χ3n) is 5.34. The highest BCUT2D eigenvalue weighted by Gasteiger charge is 2.34. The zero-order chi connectivity index (χ0) is 22.6. The van der Waals surface area contributed by atoms with Gasteiger partial charge in [-0.2, -0.15) is 4.98 Å². The molecule has 4 aromatic rings. The molecule has 164 valence electrons. The number of carbonyl (C=O) groups is 1. The van der Waals surface area contributed by atoms with E-state index in [0.717, 1.165) is 22.7 Å². The molecule has 0 saturated heterocycles. The van der Waals surface area contributed by atoms with Gasteiger partial charge in [-0.05, 0) is 42.3 Å². The molecule has 5 rings (SSSR count). The van der Waals surface area contributed by atoms with Gasteiger partial charge >= 0.3 is 0 Å². The van der Waals surface area contributed by atoms with Crippen LogP contribution in [0.2, 0.25) is 0 Å². The molecule has 0 saturated carbocycles. The maximum atomic E-state index is 13.4. The van der Waals surface area contributed by atoms with Gasteiger partial charge < -0.3 is 10.6 Å². The lowest BCUT2D eigenvalue weighted by atomic mass is 9.96. The van der Waals surface area contributed by atoms with Gasteiger partial charge in [-0.3, -0.25) is 9.78 Å². The molecule has 1 atom stereocenters. The number of carbonyl (C=O) groups excluding carboxylic acids is 1. The Kier molecular flexibility index (Phi) is 5.91. The number of rotatable bonds is 6. The number of allylic oxidation sites excluding steroid dienone is 1. The lowest BCUT2D eigenvalue weighted by molar-refractivity contribution is -0.113. The van der Waals surface area contributed by atoms with E-state index < -0.39 is 6.04 Å². The Labute approximate surface area is 196 Å². The molecule has 2 aromatic carbocycles. The number of para-hydroxylation sites is 1. The first kappa shape index (κ1) is 21.0. The zero-order valence-electron chi connectivity index (χ0n) is 18.0. The molecule has 0 aliphatic carbocycles. The highest BCUT2D eigenvalue weighted by molar-refractivity contribution is 7.98. The minimum Gasteiger partial charge on any atom is -0.328 e. The Bertz CT molecular complexity index is 1290. The van der Waals surface area contributed by atoms with Crippen LogP contribution in [-0.4, -0.2) is 25.7 Å². The second kappa shape index (κ2) is 9.30. The summed E-state index contributed by atoms with van der Waals surface area (Å²) in [4.78, 5) is 22.2. The van der Waals surface area contributed by atoms with Crippen molar-refractivity contribution in [1.82, 2.24) is 19.7 Å². The van der Waals surface area contributed by atoms with Crippen LogP contribution in [0, 0.1) is 0 Å². The number of pyridine rings is 1. The number of nitrogens with zero attached hydrogens (tertiary/aromatic N) is 4. The van der Waals surface area contributed by atoms with Gasteiger partial charge in [0, 0.05) is 29.5 Å². The van der Waals surface area contributed by atoms with Crippen LogP contribution in [0.1, 0.15) is 24.1 Å². The van der Waals surface area contributed by atoms with Crippen molar-refractivity contribution in [2.45, 2.75) is 23.9 Å². The second-order valence-electron chi connectivity index (χ2n) is 7.60. The molecule has 1 amide bonds. The average Bonchev–Trinajstić information content (AvgIpc) is 3.26. The molecule has 8 heteroatoms. The Morgan fingerprint density at radius 2 is 1.73 bits per heavy atom. The van der Waals surface area contributed by atoms with Gasteiger partial charge in [0.25, 0.3) is 5.91 Å². The van der Waals surface area contributed by atoms with Gasteiger partial charge in [-0.25, -0.2) is 4.68 Å². The second-order valence-corrected chi connectivity index (χ2v) is 8.55. The fourth-order valence-corrected chi connectivity index (χ4v) is 4.57. The molecule has 3 heterocycles. The SMILES string of the molecule is CC1=C(C(=O)Nc2ccccc2)[C@@H](c2ccncc2)n2nc(SCc3ccccc3)nc2N1. The molecule has 0 fully saturated rings. The molecule has 2 aromatic heterocycles. The van der Waals surface area contributed by atoms with Crippen LogP contribution >= 0.6 is 11.8 Å². The molecule has 1 aliphatic rings. The number of hydrogen-bond acceptors (Lipinski definition) is 6. The lowest BCUT2D eigenvalue weighted by Gasteiger charge is -2.28. The van der Waals surface area contributed by atoms with Crippen molar-refractivity contribution < 1.29 is 4.79 Å². The van der Waals surface area contributed by atoms with Gasteiger partial charge in [0.2, 0.25) is 11.1 Å². The summed E-state index contributed by atoms with van der Waals surface area (Å²) in [6.07, 6.45) is 3.45. The van der Waals surface area contributed by atoms with Crippen LogP contribution in [0.4, 0.5) is 11.6 Å². The normalized spacial score (nSPS) is 15.0. The van der Waals surface area contributed by atoms with Crippen LogP contribution < -0.4 is 10.6 Å². The summed E-state index contributed by atoms with van der Waals surface area (Å²) < 4.78 is 1.79. The topological polar surface area (TPSA) is 84.7 Å². The fourth-order valence-electron chi connectivity index (χ4n) is 3.78. The molecule has 7 nitrogen and oxygen atoms in total. The first-order valence-electron chi connectivity index (χ1n) is 10.6. The molecule has 0 unspecified atom stereocenters. The van der Waals surface area contributed by atoms with E-state index in [1.807, 2.05) is 67.6 Å². The lowest BCUT2D eigenvalue weighted by Crippen LogP contribution is -2.31. The molecule has 1 aliphatic heterocycles. The van der Waals surface area contributed by atoms with Crippen LogP contribution in [0.3, 0.4) is 0 Å². The number of fused-ring (bicyclic) bond motifs is 1. The maximum Gasteiger partial charge on any atom is 0.255 e. The van der Waals surface area contributed by atoms with Crippen molar-refractivity contribution in [2.24, 2.45) is 0 Å². The van der Waals surface area contributed by atoms with E-state index in [9.17, 15) is 4.79 Å². The minimum absolute atomic E-state index is 0.187. The largest absolute Gasteiger partial charge is 0.328 e. The maximum absolute atomic E-state index is 13.4. The standard InChI is InChI=1S/C25H22N6OS/c1-17-21(23(32)28-20-10-6-3-7-11-20)22(19-12-14-26-15-13-19)31-24(27-17)29-25(30-31)33-16-18-8-4-2-5-9-18/h2-15,22H,16H2,1H3,(H,28,32)(H,27,29,30)/t22-/m1/s1. The highest BCUT2D eigenvalue weighted by Crippen LogP contribution is 2.36. The van der Waals surface area contributed by atoms with E-state index in [2.05, 4.69) is 27.8 Å². The fraction of sp³-hybridized carbons (Fsp3) is 0.120. The zero-order valence-corrected chi connectivity index (χ0v) is 18.8. The Balaban J connectivity index is 1.48. The number of hydrogen-bond donors (Lipinski definition) is 2. The molecule has 2 N–H and O–H groups in total. The van der Waals surface area contributed by atoms with Gasteiger partial charge in [-0.15, -0.1) is 5.10 Å². The summed E-state index contributed by atoms with van der Waals surface area (Å²) in [6.45, 7) is 1.89. The van der Waals surface area contributed by atoms with Crippen molar-refractivity contribution >= 4 is 29.3 Å². The summed E-state index contributed by atoms with van der Waals surface area (Å²) in [7, 11) is 0. The molecule has 0 radical (unpaired) electrons. The first-order chi connectivity index (χ1) is 16.2. The van der Waals surface area contributed by atoms with E-state index in [1.54, 1.807) is 28.8 Å². The summed E-state index contributed by atoms with van der Waals surface area (Å²) in [6, 6.07) is 23.0. The Morgan fingerprint density at radius 1 is 1.03 bits per heavy atom. The van der Waals surface area contributed by atoms with E-state index in [1.165, 1.54) is 5.56 Å². The monoisotopic (exact) mass is 454 g/mol. The third kappa shape index (κ3) is 4.51. The van der Waals surface area contributed by atoms with E-state index >= 15 is 0 Å². The summed E-state index contributed by atoms with van der Waals surface area (Å²) in [5.41, 5.74) is 4.17. The van der Waals surface area contributed by atoms with Crippen molar-refractivity contribution in [1.29, 1.82) is 0 Å². The molecule has 0 spiro atoms. The Hall–Kier alpha value is -3.91. The van der Waals surface area contributed by atoms with Gasteiger partial charge in [0.15, 0.2) is 0 Å². The van der Waals surface area contributed by atoms with Crippen molar-refractivity contribution in [3.63, 3.8) is 0 Å².